The van der Waals surface area contributed by atoms with Gasteiger partial charge in [-0.3, -0.25) is 5.32 Å². The number of rotatable bonds is 8. The van der Waals surface area contributed by atoms with Crippen molar-refractivity contribution in [3.05, 3.63) is 68.6 Å². The smallest absolute Gasteiger partial charge is 0.412 e. The summed E-state index contributed by atoms with van der Waals surface area (Å²) in [4.78, 5) is 23.2. The molecule has 2 rings (SSSR count). The zero-order valence-corrected chi connectivity index (χ0v) is 19.7. The number of carboxylic acid groups (broad SMARTS) is 1. The Labute approximate surface area is 192 Å². The Bertz CT molecular complexity index is 928. The molecule has 0 aromatic heterocycles. The molecule has 0 saturated heterocycles. The number of allylic oxidation sites excluding steroid dienone is 1. The second-order valence-corrected chi connectivity index (χ2v) is 8.71. The lowest BCUT2D eigenvalue weighted by atomic mass is 9.92. The molecule has 6 nitrogen and oxygen atoms in total. The summed E-state index contributed by atoms with van der Waals surface area (Å²) in [5, 5.41) is 22.0. The molecule has 2 aromatic rings. The standard InChI is InChI=1S/C22H23Br2NO5/c1-13-7-9-16(10-8-13)25-22(29)30-21(14(2)5-3-4-6-19(26)27)17-11-15(23)12-18(24)20(17)28/h4,6-12,14,21,28H,3,5H2,1-2H3,(H,25,29)(H,26,27)/b6-4+/t14-,21+/m0/s1. The lowest BCUT2D eigenvalue weighted by Crippen LogP contribution is -2.22. The second-order valence-electron chi connectivity index (χ2n) is 6.94. The lowest BCUT2D eigenvalue weighted by Gasteiger charge is -2.26. The zero-order chi connectivity index (χ0) is 22.3. The van der Waals surface area contributed by atoms with Crippen LogP contribution in [0.1, 0.15) is 37.0 Å². The molecular formula is C22H23Br2NO5. The van der Waals surface area contributed by atoms with Crippen LogP contribution in [0.3, 0.4) is 0 Å². The molecule has 0 aliphatic heterocycles. The summed E-state index contributed by atoms with van der Waals surface area (Å²) in [7, 11) is 0. The summed E-state index contributed by atoms with van der Waals surface area (Å²) in [5.74, 6) is -1.22. The molecule has 2 atom stereocenters. The molecule has 0 heterocycles. The predicted molar refractivity (Wildman–Crippen MR) is 123 cm³/mol. The lowest BCUT2D eigenvalue weighted by molar-refractivity contribution is -0.131. The first-order chi connectivity index (χ1) is 14.2. The number of carbonyl (C=O) groups is 2. The number of nitrogens with one attached hydrogen (secondary N) is 1. The van der Waals surface area contributed by atoms with Gasteiger partial charge >= 0.3 is 12.1 Å². The maximum atomic E-state index is 12.6. The van der Waals surface area contributed by atoms with Gasteiger partial charge in [0.1, 0.15) is 11.9 Å². The molecule has 1 amide bonds. The summed E-state index contributed by atoms with van der Waals surface area (Å²) < 4.78 is 6.89. The normalized spacial score (nSPS) is 13.1. The highest BCUT2D eigenvalue weighted by atomic mass is 79.9. The number of amides is 1. The van der Waals surface area contributed by atoms with E-state index in [1.807, 2.05) is 26.0 Å². The number of phenolic OH excluding ortho intramolecular Hbond substituents is 1. The Morgan fingerprint density at radius 1 is 1.20 bits per heavy atom. The van der Waals surface area contributed by atoms with Crippen molar-refractivity contribution in [1.29, 1.82) is 0 Å². The van der Waals surface area contributed by atoms with Gasteiger partial charge in [-0.15, -0.1) is 0 Å². The number of benzene rings is 2. The van der Waals surface area contributed by atoms with Crippen LogP contribution in [0.25, 0.3) is 0 Å². The van der Waals surface area contributed by atoms with E-state index in [1.54, 1.807) is 30.3 Å². The Kier molecular flexibility index (Phi) is 8.92. The van der Waals surface area contributed by atoms with Gasteiger partial charge in [0.2, 0.25) is 0 Å². The topological polar surface area (TPSA) is 95.9 Å². The summed E-state index contributed by atoms with van der Waals surface area (Å²) in [6.45, 7) is 3.83. The average Bonchev–Trinajstić information content (AvgIpc) is 2.68. The third-order valence-corrected chi connectivity index (χ3v) is 5.52. The zero-order valence-electron chi connectivity index (χ0n) is 16.6. The molecule has 160 valence electrons. The number of phenols is 1. The van der Waals surface area contributed by atoms with Gasteiger partial charge in [0.05, 0.1) is 4.47 Å². The van der Waals surface area contributed by atoms with E-state index < -0.39 is 18.2 Å². The van der Waals surface area contributed by atoms with E-state index in [1.165, 1.54) is 0 Å². The highest BCUT2D eigenvalue weighted by Gasteiger charge is 2.27. The monoisotopic (exact) mass is 539 g/mol. The van der Waals surface area contributed by atoms with Gasteiger partial charge in [-0.25, -0.2) is 9.59 Å². The van der Waals surface area contributed by atoms with Gasteiger partial charge in [0, 0.05) is 21.8 Å². The summed E-state index contributed by atoms with van der Waals surface area (Å²) in [6.07, 6.45) is 2.28. The molecule has 0 aliphatic rings. The number of hydrogen-bond acceptors (Lipinski definition) is 4. The number of carboxylic acids is 1. The maximum absolute atomic E-state index is 12.6. The minimum atomic E-state index is -1.01. The summed E-state index contributed by atoms with van der Waals surface area (Å²) >= 11 is 6.71. The molecule has 2 aromatic carbocycles. The predicted octanol–water partition coefficient (Wildman–Crippen LogP) is 6.57. The van der Waals surface area contributed by atoms with Crippen LogP contribution < -0.4 is 5.32 Å². The molecule has 0 fully saturated rings. The van der Waals surface area contributed by atoms with Crippen LogP contribution in [-0.4, -0.2) is 22.3 Å². The third-order valence-electron chi connectivity index (χ3n) is 4.46. The number of anilines is 1. The van der Waals surface area contributed by atoms with Gasteiger partial charge in [-0.05, 0) is 65.9 Å². The van der Waals surface area contributed by atoms with Crippen LogP contribution in [0.4, 0.5) is 10.5 Å². The number of aliphatic carboxylic acids is 1. The van der Waals surface area contributed by atoms with Gasteiger partial charge < -0.3 is 14.9 Å². The molecule has 0 unspecified atom stereocenters. The molecule has 0 saturated carbocycles. The van der Waals surface area contributed by atoms with Crippen molar-refractivity contribution in [2.45, 2.75) is 32.8 Å². The van der Waals surface area contributed by atoms with Crippen LogP contribution in [0.15, 0.2) is 57.5 Å². The van der Waals surface area contributed by atoms with Crippen LogP contribution in [-0.2, 0) is 9.53 Å². The minimum absolute atomic E-state index is 0.0146. The number of hydrogen-bond donors (Lipinski definition) is 3. The van der Waals surface area contributed by atoms with E-state index in [2.05, 4.69) is 37.2 Å². The quantitative estimate of drug-likeness (QED) is 0.329. The molecular weight excluding hydrogens is 518 g/mol. The number of carbonyl (C=O) groups excluding carboxylic acids is 1. The first kappa shape index (κ1) is 24.0. The Morgan fingerprint density at radius 2 is 1.87 bits per heavy atom. The Morgan fingerprint density at radius 3 is 2.50 bits per heavy atom. The fraction of sp³-hybridized carbons (Fsp3) is 0.273. The molecule has 8 heteroatoms. The van der Waals surface area contributed by atoms with E-state index >= 15 is 0 Å². The van der Waals surface area contributed by atoms with E-state index in [0.717, 1.165) is 11.6 Å². The second kappa shape index (κ2) is 11.2. The average molecular weight is 541 g/mol. The SMILES string of the molecule is Cc1ccc(NC(=O)O[C@@H](c2cc(Br)cc(Br)c2O)[C@@H](C)CC/C=C/C(=O)O)cc1. The fourth-order valence-corrected chi connectivity index (χ4v) is 4.14. The first-order valence-corrected chi connectivity index (χ1v) is 10.9. The van der Waals surface area contributed by atoms with Crippen molar-refractivity contribution < 1.29 is 24.5 Å². The van der Waals surface area contributed by atoms with E-state index in [-0.39, 0.29) is 11.7 Å². The van der Waals surface area contributed by atoms with E-state index in [4.69, 9.17) is 9.84 Å². The van der Waals surface area contributed by atoms with Crippen LogP contribution in [0.2, 0.25) is 0 Å². The van der Waals surface area contributed by atoms with Gasteiger partial charge in [0.25, 0.3) is 0 Å². The molecule has 30 heavy (non-hydrogen) atoms. The van der Waals surface area contributed by atoms with Gasteiger partial charge in [-0.1, -0.05) is 46.6 Å². The fourth-order valence-electron chi connectivity index (χ4n) is 2.88. The van der Waals surface area contributed by atoms with Crippen molar-refractivity contribution in [2.24, 2.45) is 5.92 Å². The minimum Gasteiger partial charge on any atom is -0.506 e. The highest BCUT2D eigenvalue weighted by Crippen LogP contribution is 2.40. The molecule has 0 aliphatic carbocycles. The highest BCUT2D eigenvalue weighted by molar-refractivity contribution is 9.11. The maximum Gasteiger partial charge on any atom is 0.412 e. The Balaban J connectivity index is 2.23. The molecule has 3 N–H and O–H groups in total. The van der Waals surface area contributed by atoms with Crippen LogP contribution in [0.5, 0.6) is 5.75 Å². The van der Waals surface area contributed by atoms with Crippen molar-refractivity contribution in [1.82, 2.24) is 0 Å². The first-order valence-electron chi connectivity index (χ1n) is 9.29. The summed E-state index contributed by atoms with van der Waals surface area (Å²) in [6, 6.07) is 10.7. The molecule has 0 spiro atoms. The summed E-state index contributed by atoms with van der Waals surface area (Å²) in [5.41, 5.74) is 2.12. The van der Waals surface area contributed by atoms with Crippen LogP contribution in [0, 0.1) is 12.8 Å². The number of aryl methyl sites for hydroxylation is 1. The Hall–Kier alpha value is -2.32. The van der Waals surface area contributed by atoms with Crippen molar-refractivity contribution in [3.8, 4) is 5.75 Å². The van der Waals surface area contributed by atoms with E-state index in [9.17, 15) is 14.7 Å². The number of ether oxygens (including phenoxy) is 1. The molecule has 0 bridgehead atoms. The number of halogens is 2. The third kappa shape index (κ3) is 7.18. The van der Waals surface area contributed by atoms with Crippen molar-refractivity contribution in [2.75, 3.05) is 5.32 Å². The van der Waals surface area contributed by atoms with Gasteiger partial charge in [-0.2, -0.15) is 0 Å². The molecule has 0 radical (unpaired) electrons. The van der Waals surface area contributed by atoms with Crippen molar-refractivity contribution >= 4 is 49.6 Å². The van der Waals surface area contributed by atoms with Gasteiger partial charge in [0.15, 0.2) is 0 Å². The largest absolute Gasteiger partial charge is 0.506 e. The van der Waals surface area contributed by atoms with E-state index in [0.29, 0.717) is 33.0 Å². The van der Waals surface area contributed by atoms with Crippen LogP contribution >= 0.6 is 31.9 Å². The number of aromatic hydroxyl groups is 1. The van der Waals surface area contributed by atoms with Crippen molar-refractivity contribution in [3.63, 3.8) is 0 Å².